The molecule has 0 heterocycles. The molecule has 2 N–H and O–H groups in total. The van der Waals surface area contributed by atoms with Crippen molar-refractivity contribution >= 4 is 5.97 Å². The molecule has 2 unspecified atom stereocenters. The minimum absolute atomic E-state index is 0.726. The molecule has 0 saturated heterocycles. The van der Waals surface area contributed by atoms with Gasteiger partial charge in [-0.15, -0.1) is 0 Å². The highest BCUT2D eigenvalue weighted by Gasteiger charge is 2.17. The Hall–Kier alpha value is -0.830. The lowest BCUT2D eigenvalue weighted by Crippen LogP contribution is -2.23. The molecule has 0 amide bonds. The fourth-order valence-electron chi connectivity index (χ4n) is 0.510. The maximum Gasteiger partial charge on any atom is 0.309 e. The molecule has 0 spiro atoms. The Bertz CT molecular complexity index is 140. The van der Waals surface area contributed by atoms with Crippen molar-refractivity contribution in [3.8, 4) is 0 Å². The standard InChI is InChI=1S/C7H12O3/c1-3-4-6(8)5(2)7(9)10/h3-6,8H,1-2H3,(H,9,10). The van der Waals surface area contributed by atoms with Crippen molar-refractivity contribution < 1.29 is 15.0 Å². The summed E-state index contributed by atoms with van der Waals surface area (Å²) in [5.41, 5.74) is 0. The number of aliphatic hydroxyl groups excluding tert-OH is 1. The van der Waals surface area contributed by atoms with Crippen molar-refractivity contribution in [2.75, 3.05) is 0 Å². The highest BCUT2D eigenvalue weighted by atomic mass is 16.4. The molecule has 0 rings (SSSR count). The van der Waals surface area contributed by atoms with Crippen molar-refractivity contribution in [1.82, 2.24) is 0 Å². The highest BCUT2D eigenvalue weighted by Crippen LogP contribution is 2.03. The van der Waals surface area contributed by atoms with E-state index < -0.39 is 18.0 Å². The Morgan fingerprint density at radius 3 is 2.40 bits per heavy atom. The van der Waals surface area contributed by atoms with E-state index in [1.54, 1.807) is 13.0 Å². The van der Waals surface area contributed by atoms with Crippen molar-refractivity contribution in [2.24, 2.45) is 5.92 Å². The summed E-state index contributed by atoms with van der Waals surface area (Å²) in [5.74, 6) is -1.71. The predicted octanol–water partition coefficient (Wildman–Crippen LogP) is 0.644. The number of aliphatic hydroxyl groups is 1. The number of carbonyl (C=O) groups is 1. The molecule has 0 fully saturated rings. The maximum absolute atomic E-state index is 10.2. The first-order valence-electron chi connectivity index (χ1n) is 3.13. The Balaban J connectivity index is 3.93. The smallest absolute Gasteiger partial charge is 0.309 e. The Morgan fingerprint density at radius 2 is 2.10 bits per heavy atom. The van der Waals surface area contributed by atoms with Crippen LogP contribution < -0.4 is 0 Å². The van der Waals surface area contributed by atoms with Gasteiger partial charge in [0.2, 0.25) is 0 Å². The van der Waals surface area contributed by atoms with E-state index in [9.17, 15) is 4.79 Å². The molecule has 0 aliphatic rings. The summed E-state index contributed by atoms with van der Waals surface area (Å²) < 4.78 is 0. The van der Waals surface area contributed by atoms with Crippen molar-refractivity contribution in [3.05, 3.63) is 12.2 Å². The van der Waals surface area contributed by atoms with Crippen LogP contribution in [0.15, 0.2) is 12.2 Å². The van der Waals surface area contributed by atoms with E-state index in [1.165, 1.54) is 13.0 Å². The summed E-state index contributed by atoms with van der Waals surface area (Å²) in [6.45, 7) is 3.20. The first-order chi connectivity index (χ1) is 4.59. The Labute approximate surface area is 60.0 Å². The Kier molecular flexibility index (Phi) is 3.72. The van der Waals surface area contributed by atoms with Gasteiger partial charge in [0.25, 0.3) is 0 Å². The normalized spacial score (nSPS) is 17.1. The van der Waals surface area contributed by atoms with Gasteiger partial charge in [0.1, 0.15) is 0 Å². The fraction of sp³-hybridized carbons (Fsp3) is 0.571. The van der Waals surface area contributed by atoms with Gasteiger partial charge in [-0.05, 0) is 13.8 Å². The van der Waals surface area contributed by atoms with E-state index in [4.69, 9.17) is 10.2 Å². The number of aliphatic carboxylic acids is 1. The number of carboxylic acids is 1. The van der Waals surface area contributed by atoms with E-state index in [-0.39, 0.29) is 0 Å². The first kappa shape index (κ1) is 9.17. The largest absolute Gasteiger partial charge is 0.481 e. The average molecular weight is 144 g/mol. The zero-order valence-electron chi connectivity index (χ0n) is 6.11. The topological polar surface area (TPSA) is 57.5 Å². The van der Waals surface area contributed by atoms with Gasteiger partial charge in [0.15, 0.2) is 0 Å². The Morgan fingerprint density at radius 1 is 1.60 bits per heavy atom. The molecular formula is C7H12O3. The summed E-state index contributed by atoms with van der Waals surface area (Å²) in [7, 11) is 0. The summed E-state index contributed by atoms with van der Waals surface area (Å²) in [5, 5.41) is 17.4. The zero-order chi connectivity index (χ0) is 8.15. The van der Waals surface area contributed by atoms with Crippen molar-refractivity contribution in [2.45, 2.75) is 20.0 Å². The van der Waals surface area contributed by atoms with Gasteiger partial charge in [-0.3, -0.25) is 4.79 Å². The molecule has 2 atom stereocenters. The van der Waals surface area contributed by atoms with E-state index in [0.29, 0.717) is 0 Å². The number of rotatable bonds is 3. The molecule has 0 radical (unpaired) electrons. The molecule has 0 aromatic heterocycles. The summed E-state index contributed by atoms with van der Waals surface area (Å²) in [4.78, 5) is 10.2. The van der Waals surface area contributed by atoms with E-state index in [2.05, 4.69) is 0 Å². The third kappa shape index (κ3) is 2.64. The average Bonchev–Trinajstić information content (AvgIpc) is 1.87. The van der Waals surface area contributed by atoms with Crippen LogP contribution in [0.2, 0.25) is 0 Å². The van der Waals surface area contributed by atoms with Crippen LogP contribution >= 0.6 is 0 Å². The molecule has 0 bridgehead atoms. The van der Waals surface area contributed by atoms with Gasteiger partial charge in [0.05, 0.1) is 12.0 Å². The summed E-state index contributed by atoms with van der Waals surface area (Å²) >= 11 is 0. The van der Waals surface area contributed by atoms with Gasteiger partial charge in [-0.25, -0.2) is 0 Å². The third-order valence-corrected chi connectivity index (χ3v) is 1.29. The lowest BCUT2D eigenvalue weighted by molar-refractivity contribution is -0.143. The number of allylic oxidation sites excluding steroid dienone is 1. The van der Waals surface area contributed by atoms with E-state index in [1.807, 2.05) is 0 Å². The van der Waals surface area contributed by atoms with Crippen LogP contribution in [0.1, 0.15) is 13.8 Å². The molecular weight excluding hydrogens is 132 g/mol. The lowest BCUT2D eigenvalue weighted by Gasteiger charge is -2.08. The van der Waals surface area contributed by atoms with Crippen LogP contribution in [0.25, 0.3) is 0 Å². The molecule has 10 heavy (non-hydrogen) atoms. The van der Waals surface area contributed by atoms with Gasteiger partial charge in [-0.1, -0.05) is 12.2 Å². The summed E-state index contributed by atoms with van der Waals surface area (Å²) in [6.07, 6.45) is 2.21. The fourth-order valence-corrected chi connectivity index (χ4v) is 0.510. The van der Waals surface area contributed by atoms with Crippen LogP contribution in [-0.2, 0) is 4.79 Å². The monoisotopic (exact) mass is 144 g/mol. The maximum atomic E-state index is 10.2. The van der Waals surface area contributed by atoms with E-state index in [0.717, 1.165) is 0 Å². The highest BCUT2D eigenvalue weighted by molar-refractivity contribution is 5.70. The van der Waals surface area contributed by atoms with Gasteiger partial charge in [-0.2, -0.15) is 0 Å². The quantitative estimate of drug-likeness (QED) is 0.571. The molecule has 58 valence electrons. The van der Waals surface area contributed by atoms with Crippen LogP contribution in [0.4, 0.5) is 0 Å². The number of hydrogen-bond donors (Lipinski definition) is 2. The molecule has 0 aromatic carbocycles. The second kappa shape index (κ2) is 4.06. The molecule has 0 aliphatic carbocycles. The van der Waals surface area contributed by atoms with Crippen LogP contribution in [-0.4, -0.2) is 22.3 Å². The van der Waals surface area contributed by atoms with Crippen LogP contribution in [0.5, 0.6) is 0 Å². The molecule has 0 aliphatic heterocycles. The second-order valence-electron chi connectivity index (χ2n) is 2.14. The second-order valence-corrected chi connectivity index (χ2v) is 2.14. The molecule has 0 saturated carbocycles. The van der Waals surface area contributed by atoms with Crippen LogP contribution in [0.3, 0.4) is 0 Å². The molecule has 3 heteroatoms. The van der Waals surface area contributed by atoms with Crippen molar-refractivity contribution in [3.63, 3.8) is 0 Å². The zero-order valence-corrected chi connectivity index (χ0v) is 6.11. The van der Waals surface area contributed by atoms with Gasteiger partial charge in [0, 0.05) is 0 Å². The number of hydrogen-bond acceptors (Lipinski definition) is 2. The molecule has 3 nitrogen and oxygen atoms in total. The summed E-state index contributed by atoms with van der Waals surface area (Å²) in [6, 6.07) is 0. The third-order valence-electron chi connectivity index (χ3n) is 1.29. The lowest BCUT2D eigenvalue weighted by atomic mass is 10.1. The predicted molar refractivity (Wildman–Crippen MR) is 37.6 cm³/mol. The van der Waals surface area contributed by atoms with Gasteiger partial charge >= 0.3 is 5.97 Å². The molecule has 0 aromatic rings. The van der Waals surface area contributed by atoms with E-state index >= 15 is 0 Å². The van der Waals surface area contributed by atoms with Gasteiger partial charge < -0.3 is 10.2 Å². The first-order valence-corrected chi connectivity index (χ1v) is 3.13. The minimum Gasteiger partial charge on any atom is -0.481 e. The number of carboxylic acid groups (broad SMARTS) is 1. The minimum atomic E-state index is -0.981. The van der Waals surface area contributed by atoms with Crippen molar-refractivity contribution in [1.29, 1.82) is 0 Å². The van der Waals surface area contributed by atoms with Crippen LogP contribution in [0, 0.1) is 5.92 Å². The SMILES string of the molecule is CC=CC(O)C(C)C(=O)O.